The highest BCUT2D eigenvalue weighted by Gasteiger charge is 2.22. The molecule has 2 rings (SSSR count). The normalized spacial score (nSPS) is 20.8. The number of piperidine rings is 1. The molecule has 0 saturated carbocycles. The SMILES string of the molecule is Cc1ccc(C(=O)NC(C)C2CCCNC2)c(O)c1. The van der Waals surface area contributed by atoms with Crippen molar-refractivity contribution < 1.29 is 9.90 Å². The largest absolute Gasteiger partial charge is 0.507 e. The van der Waals surface area contributed by atoms with Crippen molar-refractivity contribution in [3.8, 4) is 5.75 Å². The van der Waals surface area contributed by atoms with Gasteiger partial charge in [-0.1, -0.05) is 6.07 Å². The Balaban J connectivity index is 1.99. The molecule has 1 aliphatic rings. The van der Waals surface area contributed by atoms with Crippen molar-refractivity contribution in [1.82, 2.24) is 10.6 Å². The fourth-order valence-electron chi connectivity index (χ4n) is 2.54. The molecule has 1 aliphatic heterocycles. The van der Waals surface area contributed by atoms with Crippen molar-refractivity contribution in [1.29, 1.82) is 0 Å². The van der Waals surface area contributed by atoms with Gasteiger partial charge < -0.3 is 15.7 Å². The van der Waals surface area contributed by atoms with Crippen LogP contribution in [0.1, 0.15) is 35.7 Å². The Hall–Kier alpha value is -1.55. The number of carbonyl (C=O) groups is 1. The Labute approximate surface area is 114 Å². The molecule has 0 radical (unpaired) electrons. The standard InChI is InChI=1S/C15H22N2O2/c1-10-5-6-13(14(18)8-10)15(19)17-11(2)12-4-3-7-16-9-12/h5-6,8,11-12,16,18H,3-4,7,9H2,1-2H3,(H,17,19). The summed E-state index contributed by atoms with van der Waals surface area (Å²) in [6, 6.07) is 5.23. The van der Waals surface area contributed by atoms with Gasteiger partial charge in [0.05, 0.1) is 5.56 Å². The summed E-state index contributed by atoms with van der Waals surface area (Å²) in [5, 5.41) is 16.1. The maximum Gasteiger partial charge on any atom is 0.255 e. The van der Waals surface area contributed by atoms with Crippen molar-refractivity contribution in [3.63, 3.8) is 0 Å². The zero-order chi connectivity index (χ0) is 13.8. The molecule has 4 nitrogen and oxygen atoms in total. The smallest absolute Gasteiger partial charge is 0.255 e. The summed E-state index contributed by atoms with van der Waals surface area (Å²) >= 11 is 0. The Bertz CT molecular complexity index is 453. The lowest BCUT2D eigenvalue weighted by molar-refractivity contribution is 0.0919. The van der Waals surface area contributed by atoms with Gasteiger partial charge in [0.2, 0.25) is 0 Å². The number of benzene rings is 1. The third-order valence-corrected chi connectivity index (χ3v) is 3.80. The van der Waals surface area contributed by atoms with Crippen LogP contribution in [-0.4, -0.2) is 30.1 Å². The number of amides is 1. The maximum absolute atomic E-state index is 12.1. The van der Waals surface area contributed by atoms with Crippen LogP contribution in [0.5, 0.6) is 5.75 Å². The van der Waals surface area contributed by atoms with Gasteiger partial charge in [0, 0.05) is 6.04 Å². The van der Waals surface area contributed by atoms with Gasteiger partial charge in [-0.3, -0.25) is 4.79 Å². The molecule has 1 amide bonds. The summed E-state index contributed by atoms with van der Waals surface area (Å²) in [4.78, 5) is 12.1. The number of hydrogen-bond donors (Lipinski definition) is 3. The van der Waals surface area contributed by atoms with E-state index in [1.807, 2.05) is 19.9 Å². The molecule has 1 saturated heterocycles. The van der Waals surface area contributed by atoms with E-state index in [-0.39, 0.29) is 17.7 Å². The van der Waals surface area contributed by atoms with Crippen LogP contribution in [0, 0.1) is 12.8 Å². The van der Waals surface area contributed by atoms with Crippen LogP contribution in [-0.2, 0) is 0 Å². The van der Waals surface area contributed by atoms with Gasteiger partial charge in [-0.25, -0.2) is 0 Å². The average molecular weight is 262 g/mol. The minimum absolute atomic E-state index is 0.0477. The second-order valence-corrected chi connectivity index (χ2v) is 5.39. The van der Waals surface area contributed by atoms with Gasteiger partial charge in [-0.2, -0.15) is 0 Å². The van der Waals surface area contributed by atoms with Crippen LogP contribution in [0.15, 0.2) is 18.2 Å². The molecule has 19 heavy (non-hydrogen) atoms. The highest BCUT2D eigenvalue weighted by atomic mass is 16.3. The number of aromatic hydroxyl groups is 1. The quantitative estimate of drug-likeness (QED) is 0.778. The van der Waals surface area contributed by atoms with Crippen molar-refractivity contribution in [2.24, 2.45) is 5.92 Å². The van der Waals surface area contributed by atoms with Gasteiger partial charge in [0.25, 0.3) is 5.91 Å². The van der Waals surface area contributed by atoms with E-state index in [1.54, 1.807) is 12.1 Å². The molecule has 1 aromatic rings. The zero-order valence-corrected chi connectivity index (χ0v) is 11.6. The Morgan fingerprint density at radius 3 is 2.95 bits per heavy atom. The number of hydrogen-bond acceptors (Lipinski definition) is 3. The molecular weight excluding hydrogens is 240 g/mol. The van der Waals surface area contributed by atoms with E-state index in [0.29, 0.717) is 11.5 Å². The fraction of sp³-hybridized carbons (Fsp3) is 0.533. The van der Waals surface area contributed by atoms with Crippen molar-refractivity contribution in [2.45, 2.75) is 32.7 Å². The summed E-state index contributed by atoms with van der Waals surface area (Å²) in [6.07, 6.45) is 2.29. The highest BCUT2D eigenvalue weighted by molar-refractivity contribution is 5.97. The van der Waals surface area contributed by atoms with Gasteiger partial charge in [-0.15, -0.1) is 0 Å². The molecule has 2 unspecified atom stereocenters. The van der Waals surface area contributed by atoms with Gasteiger partial charge in [0.1, 0.15) is 5.75 Å². The number of nitrogens with one attached hydrogen (secondary N) is 2. The van der Waals surface area contributed by atoms with E-state index in [0.717, 1.165) is 31.5 Å². The Kier molecular flexibility index (Phi) is 4.43. The van der Waals surface area contributed by atoms with Crippen LogP contribution < -0.4 is 10.6 Å². The molecule has 4 heteroatoms. The molecule has 0 aromatic heterocycles. The lowest BCUT2D eigenvalue weighted by Gasteiger charge is -2.29. The van der Waals surface area contributed by atoms with E-state index in [4.69, 9.17) is 0 Å². The van der Waals surface area contributed by atoms with Crippen molar-refractivity contribution in [2.75, 3.05) is 13.1 Å². The summed E-state index contributed by atoms with van der Waals surface area (Å²) in [5.74, 6) is 0.312. The second kappa shape index (κ2) is 6.06. The minimum atomic E-state index is -0.199. The second-order valence-electron chi connectivity index (χ2n) is 5.39. The third kappa shape index (κ3) is 3.47. The molecule has 0 spiro atoms. The predicted molar refractivity (Wildman–Crippen MR) is 75.4 cm³/mol. The first kappa shape index (κ1) is 13.9. The van der Waals surface area contributed by atoms with Crippen molar-refractivity contribution >= 4 is 5.91 Å². The van der Waals surface area contributed by atoms with Gasteiger partial charge >= 0.3 is 0 Å². The first-order valence-corrected chi connectivity index (χ1v) is 6.89. The van der Waals surface area contributed by atoms with Crippen molar-refractivity contribution in [3.05, 3.63) is 29.3 Å². The van der Waals surface area contributed by atoms with Crippen LogP contribution >= 0.6 is 0 Å². The number of phenols is 1. The average Bonchev–Trinajstić information content (AvgIpc) is 2.39. The van der Waals surface area contributed by atoms with Crippen LogP contribution in [0.4, 0.5) is 0 Å². The van der Waals surface area contributed by atoms with Gasteiger partial charge in [-0.05, 0) is 63.4 Å². The monoisotopic (exact) mass is 262 g/mol. The van der Waals surface area contributed by atoms with Crippen LogP contribution in [0.2, 0.25) is 0 Å². The minimum Gasteiger partial charge on any atom is -0.507 e. The van der Waals surface area contributed by atoms with E-state index >= 15 is 0 Å². The zero-order valence-electron chi connectivity index (χ0n) is 11.6. The summed E-state index contributed by atoms with van der Waals surface area (Å²) in [7, 11) is 0. The Morgan fingerprint density at radius 1 is 1.53 bits per heavy atom. The lowest BCUT2D eigenvalue weighted by atomic mass is 9.92. The van der Waals surface area contributed by atoms with E-state index < -0.39 is 0 Å². The number of phenolic OH excluding ortho intramolecular Hbond substituents is 1. The molecule has 2 atom stereocenters. The van der Waals surface area contributed by atoms with Gasteiger partial charge in [0.15, 0.2) is 0 Å². The maximum atomic E-state index is 12.1. The Morgan fingerprint density at radius 2 is 2.32 bits per heavy atom. The summed E-state index contributed by atoms with van der Waals surface area (Å²) in [5.41, 5.74) is 1.29. The molecule has 104 valence electrons. The lowest BCUT2D eigenvalue weighted by Crippen LogP contribution is -2.44. The first-order valence-electron chi connectivity index (χ1n) is 6.89. The fourth-order valence-corrected chi connectivity index (χ4v) is 2.54. The molecule has 0 aliphatic carbocycles. The van der Waals surface area contributed by atoms with E-state index in [2.05, 4.69) is 10.6 Å². The van der Waals surface area contributed by atoms with Crippen LogP contribution in [0.3, 0.4) is 0 Å². The highest BCUT2D eigenvalue weighted by Crippen LogP contribution is 2.20. The molecular formula is C15H22N2O2. The van der Waals surface area contributed by atoms with E-state index in [9.17, 15) is 9.90 Å². The molecule has 3 N–H and O–H groups in total. The predicted octanol–water partition coefficient (Wildman–Crippen LogP) is 1.82. The molecule has 1 aromatic carbocycles. The third-order valence-electron chi connectivity index (χ3n) is 3.80. The number of rotatable bonds is 3. The number of aryl methyl sites for hydroxylation is 1. The summed E-state index contributed by atoms with van der Waals surface area (Å²) in [6.45, 7) is 5.93. The molecule has 0 bridgehead atoms. The summed E-state index contributed by atoms with van der Waals surface area (Å²) < 4.78 is 0. The first-order chi connectivity index (χ1) is 9.08. The molecule has 1 fully saturated rings. The number of carbonyl (C=O) groups excluding carboxylic acids is 1. The topological polar surface area (TPSA) is 61.4 Å². The van der Waals surface area contributed by atoms with Crippen LogP contribution in [0.25, 0.3) is 0 Å². The molecule has 1 heterocycles. The van der Waals surface area contributed by atoms with E-state index in [1.165, 1.54) is 0 Å².